The summed E-state index contributed by atoms with van der Waals surface area (Å²) in [5, 5.41) is 8.90. The van der Waals surface area contributed by atoms with Crippen LogP contribution in [0.2, 0.25) is 0 Å². The summed E-state index contributed by atoms with van der Waals surface area (Å²) in [6, 6.07) is -0.274. The van der Waals surface area contributed by atoms with Crippen molar-refractivity contribution >= 4 is 21.4 Å². The monoisotopic (exact) mass is 280 g/mol. The van der Waals surface area contributed by atoms with Gasteiger partial charge in [0, 0.05) is 18.3 Å². The van der Waals surface area contributed by atoms with E-state index in [1.165, 1.54) is 4.31 Å². The van der Waals surface area contributed by atoms with E-state index in [1.54, 1.807) is 20.8 Å². The standard InChI is InChI=1S/C9H16N2O4S2/c1-6(2)11(4-5-12)17(14,15)8-7(3)10-9(13)16-8/h6,12H,4-5H2,1-3H3,(H,10,13). The van der Waals surface area contributed by atoms with Crippen LogP contribution in [-0.4, -0.2) is 42.0 Å². The molecule has 0 unspecified atom stereocenters. The number of aliphatic hydroxyl groups excluding tert-OH is 1. The minimum atomic E-state index is -3.71. The van der Waals surface area contributed by atoms with Gasteiger partial charge in [-0.15, -0.1) is 0 Å². The van der Waals surface area contributed by atoms with Gasteiger partial charge in [0.25, 0.3) is 10.0 Å². The van der Waals surface area contributed by atoms with Crippen LogP contribution in [0.1, 0.15) is 19.5 Å². The molecule has 0 aliphatic rings. The number of H-pyrrole nitrogens is 1. The second kappa shape index (κ2) is 5.30. The Morgan fingerprint density at radius 2 is 2.06 bits per heavy atom. The van der Waals surface area contributed by atoms with Gasteiger partial charge in [0.15, 0.2) is 4.21 Å². The lowest BCUT2D eigenvalue weighted by Crippen LogP contribution is -2.38. The van der Waals surface area contributed by atoms with Crippen LogP contribution < -0.4 is 4.87 Å². The lowest BCUT2D eigenvalue weighted by atomic mass is 10.4. The maximum Gasteiger partial charge on any atom is 0.305 e. The van der Waals surface area contributed by atoms with Gasteiger partial charge >= 0.3 is 4.87 Å². The van der Waals surface area contributed by atoms with E-state index in [4.69, 9.17) is 5.11 Å². The van der Waals surface area contributed by atoms with Crippen molar-refractivity contribution in [1.29, 1.82) is 0 Å². The van der Waals surface area contributed by atoms with Crippen LogP contribution in [0.4, 0.5) is 0 Å². The molecule has 8 heteroatoms. The third kappa shape index (κ3) is 2.95. The van der Waals surface area contributed by atoms with Gasteiger partial charge in [0.2, 0.25) is 0 Å². The topological polar surface area (TPSA) is 90.5 Å². The summed E-state index contributed by atoms with van der Waals surface area (Å²) in [5.41, 5.74) is 0.337. The van der Waals surface area contributed by atoms with E-state index >= 15 is 0 Å². The Morgan fingerprint density at radius 1 is 1.47 bits per heavy atom. The van der Waals surface area contributed by atoms with E-state index in [9.17, 15) is 13.2 Å². The summed E-state index contributed by atoms with van der Waals surface area (Å²) in [7, 11) is -3.71. The van der Waals surface area contributed by atoms with Gasteiger partial charge in [-0.2, -0.15) is 4.31 Å². The van der Waals surface area contributed by atoms with Crippen molar-refractivity contribution in [2.45, 2.75) is 31.0 Å². The fourth-order valence-corrected chi connectivity index (χ4v) is 4.54. The molecule has 0 radical (unpaired) electrons. The average Bonchev–Trinajstić information content (AvgIpc) is 2.54. The zero-order valence-electron chi connectivity index (χ0n) is 9.93. The Kier molecular flexibility index (Phi) is 4.48. The average molecular weight is 280 g/mol. The molecular formula is C9H16N2O4S2. The molecular weight excluding hydrogens is 264 g/mol. The minimum absolute atomic E-state index is 0.0182. The second-order valence-corrected chi connectivity index (χ2v) is 6.93. The van der Waals surface area contributed by atoms with E-state index in [0.717, 1.165) is 0 Å². The first-order chi connectivity index (χ1) is 7.80. The number of aromatic amines is 1. The Balaban J connectivity index is 3.26. The number of nitrogens with one attached hydrogen (secondary N) is 1. The van der Waals surface area contributed by atoms with Crippen molar-refractivity contribution in [3.63, 3.8) is 0 Å². The van der Waals surface area contributed by atoms with Gasteiger partial charge in [0.1, 0.15) is 0 Å². The molecule has 6 nitrogen and oxygen atoms in total. The van der Waals surface area contributed by atoms with E-state index in [2.05, 4.69) is 4.98 Å². The molecule has 1 aromatic rings. The normalized spacial score (nSPS) is 12.6. The summed E-state index contributed by atoms with van der Waals surface area (Å²) >= 11 is 0.671. The smallest absolute Gasteiger partial charge is 0.305 e. The fourth-order valence-electron chi connectivity index (χ4n) is 1.50. The van der Waals surface area contributed by atoms with Crippen molar-refractivity contribution in [3.05, 3.63) is 15.4 Å². The number of nitrogens with zero attached hydrogens (tertiary/aromatic N) is 1. The summed E-state index contributed by atoms with van der Waals surface area (Å²) in [6.45, 7) is 4.75. The molecule has 0 spiro atoms. The molecule has 2 N–H and O–H groups in total. The van der Waals surface area contributed by atoms with Crippen LogP contribution in [0.3, 0.4) is 0 Å². The molecule has 0 aliphatic heterocycles. The van der Waals surface area contributed by atoms with Gasteiger partial charge in [-0.25, -0.2) is 8.42 Å². The molecule has 0 bridgehead atoms. The summed E-state index contributed by atoms with van der Waals surface area (Å²) < 4.78 is 25.7. The molecule has 0 amide bonds. The molecule has 0 saturated heterocycles. The number of aliphatic hydroxyl groups is 1. The number of hydrogen-bond donors (Lipinski definition) is 2. The fraction of sp³-hybridized carbons (Fsp3) is 0.667. The molecule has 0 aromatic carbocycles. The Bertz CT molecular complexity index is 529. The Morgan fingerprint density at radius 3 is 2.41 bits per heavy atom. The molecule has 0 fully saturated rings. The van der Waals surface area contributed by atoms with Crippen LogP contribution in [0.25, 0.3) is 0 Å². The number of rotatable bonds is 5. The molecule has 1 aromatic heterocycles. The first-order valence-corrected chi connectivity index (χ1v) is 7.38. The SMILES string of the molecule is Cc1[nH]c(=O)sc1S(=O)(=O)N(CCO)C(C)C. The highest BCUT2D eigenvalue weighted by Gasteiger charge is 2.30. The minimum Gasteiger partial charge on any atom is -0.395 e. The van der Waals surface area contributed by atoms with E-state index < -0.39 is 14.9 Å². The number of sulfonamides is 1. The van der Waals surface area contributed by atoms with E-state index in [1.807, 2.05) is 0 Å². The first-order valence-electron chi connectivity index (χ1n) is 5.13. The lowest BCUT2D eigenvalue weighted by molar-refractivity contribution is 0.236. The molecule has 1 heterocycles. The number of hydrogen-bond acceptors (Lipinski definition) is 5. The van der Waals surface area contributed by atoms with Gasteiger partial charge in [-0.05, 0) is 20.8 Å². The van der Waals surface area contributed by atoms with E-state index in [-0.39, 0.29) is 23.4 Å². The van der Waals surface area contributed by atoms with Gasteiger partial charge in [0.05, 0.1) is 6.61 Å². The zero-order chi connectivity index (χ0) is 13.2. The molecule has 17 heavy (non-hydrogen) atoms. The third-order valence-corrected chi connectivity index (χ3v) is 5.88. The summed E-state index contributed by atoms with van der Waals surface area (Å²) in [4.78, 5) is 13.2. The van der Waals surface area contributed by atoms with Crippen LogP contribution in [0.15, 0.2) is 9.00 Å². The largest absolute Gasteiger partial charge is 0.395 e. The molecule has 98 valence electrons. The number of aryl methyl sites for hydroxylation is 1. The highest BCUT2D eigenvalue weighted by molar-refractivity contribution is 7.91. The summed E-state index contributed by atoms with van der Waals surface area (Å²) in [6.07, 6.45) is 0. The molecule has 0 atom stereocenters. The van der Waals surface area contributed by atoms with Gasteiger partial charge in [-0.1, -0.05) is 11.3 Å². The molecule has 1 rings (SSSR count). The van der Waals surface area contributed by atoms with Gasteiger partial charge in [-0.3, -0.25) is 4.79 Å². The Hall–Kier alpha value is -0.700. The molecule has 0 aliphatic carbocycles. The third-order valence-electron chi connectivity index (χ3n) is 2.22. The van der Waals surface area contributed by atoms with Crippen LogP contribution >= 0.6 is 11.3 Å². The van der Waals surface area contributed by atoms with E-state index in [0.29, 0.717) is 17.0 Å². The van der Waals surface area contributed by atoms with Crippen molar-refractivity contribution in [1.82, 2.24) is 9.29 Å². The molecule has 0 saturated carbocycles. The highest BCUT2D eigenvalue weighted by atomic mass is 32.2. The van der Waals surface area contributed by atoms with Crippen molar-refractivity contribution in [2.24, 2.45) is 0 Å². The van der Waals surface area contributed by atoms with Crippen molar-refractivity contribution < 1.29 is 13.5 Å². The second-order valence-electron chi connectivity index (χ2n) is 3.86. The lowest BCUT2D eigenvalue weighted by Gasteiger charge is -2.24. The first kappa shape index (κ1) is 14.4. The summed E-state index contributed by atoms with van der Waals surface area (Å²) in [5.74, 6) is 0. The van der Waals surface area contributed by atoms with Crippen LogP contribution in [0, 0.1) is 6.92 Å². The Labute approximate surface area is 104 Å². The maximum absolute atomic E-state index is 12.3. The predicted molar refractivity (Wildman–Crippen MR) is 65.8 cm³/mol. The predicted octanol–water partition coefficient (Wildman–Crippen LogP) is 0.136. The zero-order valence-corrected chi connectivity index (χ0v) is 11.6. The van der Waals surface area contributed by atoms with Crippen molar-refractivity contribution in [2.75, 3.05) is 13.2 Å². The van der Waals surface area contributed by atoms with Crippen molar-refractivity contribution in [3.8, 4) is 0 Å². The van der Waals surface area contributed by atoms with Gasteiger partial charge < -0.3 is 10.1 Å². The maximum atomic E-state index is 12.3. The quantitative estimate of drug-likeness (QED) is 0.802. The number of thiazole rings is 1. The van der Waals surface area contributed by atoms with Crippen LogP contribution in [-0.2, 0) is 10.0 Å². The highest BCUT2D eigenvalue weighted by Crippen LogP contribution is 2.22. The van der Waals surface area contributed by atoms with Crippen LogP contribution in [0.5, 0.6) is 0 Å². The number of aromatic nitrogens is 1.